The highest BCUT2D eigenvalue weighted by Crippen LogP contribution is 2.37. The molecule has 0 bridgehead atoms. The highest BCUT2D eigenvalue weighted by atomic mass is 32.2. The van der Waals surface area contributed by atoms with E-state index < -0.39 is 12.9 Å². The van der Waals surface area contributed by atoms with E-state index in [2.05, 4.69) is 14.5 Å². The van der Waals surface area contributed by atoms with Crippen LogP contribution in [0.3, 0.4) is 0 Å². The van der Waals surface area contributed by atoms with E-state index in [1.54, 1.807) is 19.9 Å². The molecule has 2 aromatic heterocycles. The minimum Gasteiger partial charge on any atom is -0.455 e. The van der Waals surface area contributed by atoms with Gasteiger partial charge in [0.15, 0.2) is 5.76 Å². The molecular weight excluding hydrogens is 475 g/mol. The number of aromatic nitrogens is 2. The van der Waals surface area contributed by atoms with Crippen molar-refractivity contribution in [1.82, 2.24) is 14.9 Å². The number of amides is 1. The number of phosphoric ester groups is 1. The largest absolute Gasteiger partial charge is 0.469 e. The molecule has 0 saturated heterocycles. The maximum Gasteiger partial charge on any atom is 0.469 e. The first kappa shape index (κ1) is 26.7. The molecule has 0 saturated carbocycles. The van der Waals surface area contributed by atoms with Crippen LogP contribution < -0.4 is 5.73 Å². The zero-order valence-electron chi connectivity index (χ0n) is 18.3. The van der Waals surface area contributed by atoms with Crippen molar-refractivity contribution < 1.29 is 37.6 Å². The molecule has 4 N–H and O–H groups in total. The van der Waals surface area contributed by atoms with Crippen LogP contribution in [-0.2, 0) is 31.8 Å². The van der Waals surface area contributed by atoms with Crippen LogP contribution in [0.4, 0.5) is 5.82 Å². The number of thioether (sulfide) groups is 1. The molecule has 12 nitrogen and oxygen atoms in total. The molecule has 0 fully saturated rings. The Morgan fingerprint density at radius 2 is 2.12 bits per heavy atom. The van der Waals surface area contributed by atoms with Crippen LogP contribution in [0.1, 0.15) is 41.0 Å². The first-order valence-corrected chi connectivity index (χ1v) is 11.9. The van der Waals surface area contributed by atoms with E-state index in [0.717, 1.165) is 11.8 Å². The molecule has 0 unspecified atom stereocenters. The second-order valence-electron chi connectivity index (χ2n) is 6.73. The van der Waals surface area contributed by atoms with E-state index >= 15 is 0 Å². The van der Waals surface area contributed by atoms with Crippen LogP contribution in [-0.4, -0.2) is 49.9 Å². The molecule has 0 aliphatic carbocycles. The normalized spacial score (nSPS) is 12.4. The molecule has 180 valence electrons. The topological polar surface area (TPSA) is 178 Å². The molecule has 2 rings (SSSR count). The minimum atomic E-state index is -4.71. The first-order chi connectivity index (χ1) is 15.5. The van der Waals surface area contributed by atoms with E-state index in [4.69, 9.17) is 24.7 Å². The Labute approximate surface area is 194 Å². The summed E-state index contributed by atoms with van der Waals surface area (Å²) >= 11 is 0.759. The van der Waals surface area contributed by atoms with Crippen LogP contribution in [0.25, 0.3) is 0 Å². The quantitative estimate of drug-likeness (QED) is 0.287. The molecule has 2 heterocycles. The minimum absolute atomic E-state index is 0.0256. The summed E-state index contributed by atoms with van der Waals surface area (Å²) in [4.78, 5) is 52.3. The van der Waals surface area contributed by atoms with Gasteiger partial charge in [-0.05, 0) is 37.7 Å². The Hall–Kier alpha value is -2.54. The third-order valence-electron chi connectivity index (χ3n) is 4.27. The fourth-order valence-corrected chi connectivity index (χ4v) is 3.86. The standard InChI is InChI=1S/C19H25N4O8PS/c1-12(23(11-24)9-14-8-21-13(2)22-18(14)20)17(6-7-30-32(26,27)28)33-19(25)16-5-4-15(31-16)10-29-3/h4-5,8,11H,6-7,9-10H2,1-3H3,(H2,20,21,22)(H2,26,27,28)/b17-12-. The number of phosphoric acid groups is 1. The van der Waals surface area contributed by atoms with Crippen molar-refractivity contribution in [3.05, 3.63) is 51.8 Å². The van der Waals surface area contributed by atoms with Gasteiger partial charge in [0.05, 0.1) is 13.2 Å². The maximum absolute atomic E-state index is 12.8. The number of anilines is 1. The van der Waals surface area contributed by atoms with Crippen LogP contribution in [0.15, 0.2) is 33.3 Å². The number of rotatable bonds is 12. The molecule has 0 aromatic carbocycles. The summed E-state index contributed by atoms with van der Waals surface area (Å²) in [6.45, 7) is 3.10. The van der Waals surface area contributed by atoms with Gasteiger partial charge in [-0.2, -0.15) is 0 Å². The van der Waals surface area contributed by atoms with Gasteiger partial charge in [-0.25, -0.2) is 14.5 Å². The van der Waals surface area contributed by atoms with Crippen molar-refractivity contribution in [2.24, 2.45) is 0 Å². The number of nitrogens with two attached hydrogens (primary N) is 1. The Morgan fingerprint density at radius 3 is 2.73 bits per heavy atom. The maximum atomic E-state index is 12.8. The summed E-state index contributed by atoms with van der Waals surface area (Å²) < 4.78 is 26.0. The number of ether oxygens (including phenoxy) is 1. The number of aryl methyl sites for hydroxylation is 1. The van der Waals surface area contributed by atoms with Crippen molar-refractivity contribution in [3.8, 4) is 0 Å². The van der Waals surface area contributed by atoms with Crippen LogP contribution >= 0.6 is 19.6 Å². The number of nitrogen functional groups attached to an aromatic ring is 1. The van der Waals surface area contributed by atoms with Gasteiger partial charge in [-0.3, -0.25) is 14.1 Å². The molecular formula is C19H25N4O8PS. The SMILES string of the molecule is COCc1ccc(C(=O)S/C(CCOP(=O)(O)O)=C(/C)N(C=O)Cc2cnc(C)nc2N)o1. The highest BCUT2D eigenvalue weighted by molar-refractivity contribution is 8.17. The molecule has 1 amide bonds. The highest BCUT2D eigenvalue weighted by Gasteiger charge is 2.21. The number of hydrogen-bond acceptors (Lipinski definition) is 10. The zero-order valence-corrected chi connectivity index (χ0v) is 20.0. The molecule has 0 aliphatic heterocycles. The number of carbonyl (C=O) groups is 2. The van der Waals surface area contributed by atoms with E-state index in [1.165, 1.54) is 24.3 Å². The second kappa shape index (κ2) is 12.1. The molecule has 0 aliphatic rings. The molecule has 2 aromatic rings. The van der Waals surface area contributed by atoms with E-state index in [-0.39, 0.29) is 37.8 Å². The molecule has 14 heteroatoms. The molecule has 33 heavy (non-hydrogen) atoms. The first-order valence-electron chi connectivity index (χ1n) is 9.53. The Bertz CT molecular complexity index is 1070. The number of furan rings is 1. The summed E-state index contributed by atoms with van der Waals surface area (Å²) in [7, 11) is -3.22. The number of methoxy groups -OCH3 is 1. The summed E-state index contributed by atoms with van der Waals surface area (Å²) in [5.74, 6) is 1.20. The molecule has 0 spiro atoms. The fraction of sp³-hybridized carbons (Fsp3) is 0.368. The number of carbonyl (C=O) groups excluding carboxylic acids is 2. The van der Waals surface area contributed by atoms with Gasteiger partial charge in [0.25, 0.3) is 5.12 Å². The van der Waals surface area contributed by atoms with Gasteiger partial charge in [-0.1, -0.05) is 0 Å². The molecule has 0 atom stereocenters. The third-order valence-corrected chi connectivity index (χ3v) is 5.93. The lowest BCUT2D eigenvalue weighted by Crippen LogP contribution is -2.22. The third kappa shape index (κ3) is 8.39. The summed E-state index contributed by atoms with van der Waals surface area (Å²) in [5.41, 5.74) is 6.77. The Morgan fingerprint density at radius 1 is 1.39 bits per heavy atom. The fourth-order valence-electron chi connectivity index (χ4n) is 2.65. The lowest BCUT2D eigenvalue weighted by atomic mass is 10.2. The van der Waals surface area contributed by atoms with Crippen molar-refractivity contribution in [2.45, 2.75) is 33.4 Å². The number of allylic oxidation sites excluding steroid dienone is 1. The number of hydrogen-bond donors (Lipinski definition) is 3. The van der Waals surface area contributed by atoms with E-state index in [1.807, 2.05) is 0 Å². The van der Waals surface area contributed by atoms with Gasteiger partial charge in [0.2, 0.25) is 6.41 Å². The Kier molecular flexibility index (Phi) is 9.77. The van der Waals surface area contributed by atoms with Gasteiger partial charge in [0, 0.05) is 35.9 Å². The van der Waals surface area contributed by atoms with Crippen molar-refractivity contribution in [1.29, 1.82) is 0 Å². The van der Waals surface area contributed by atoms with Gasteiger partial charge < -0.3 is 29.6 Å². The van der Waals surface area contributed by atoms with Crippen LogP contribution in [0, 0.1) is 6.92 Å². The monoisotopic (exact) mass is 500 g/mol. The average molecular weight is 500 g/mol. The molecule has 0 radical (unpaired) electrons. The summed E-state index contributed by atoms with van der Waals surface area (Å²) in [6, 6.07) is 3.09. The predicted molar refractivity (Wildman–Crippen MR) is 119 cm³/mol. The van der Waals surface area contributed by atoms with Gasteiger partial charge in [0.1, 0.15) is 24.0 Å². The van der Waals surface area contributed by atoms with E-state index in [9.17, 15) is 14.2 Å². The summed E-state index contributed by atoms with van der Waals surface area (Å²) in [5, 5.41) is -0.466. The average Bonchev–Trinajstić information content (AvgIpc) is 3.20. The smallest absolute Gasteiger partial charge is 0.455 e. The summed E-state index contributed by atoms with van der Waals surface area (Å²) in [6.07, 6.45) is 1.99. The zero-order chi connectivity index (χ0) is 24.6. The van der Waals surface area contributed by atoms with Crippen molar-refractivity contribution >= 4 is 36.9 Å². The van der Waals surface area contributed by atoms with Crippen molar-refractivity contribution in [3.63, 3.8) is 0 Å². The number of nitrogens with zero attached hydrogens (tertiary/aromatic N) is 3. The lowest BCUT2D eigenvalue weighted by molar-refractivity contribution is -0.116. The van der Waals surface area contributed by atoms with Gasteiger partial charge >= 0.3 is 7.82 Å². The second-order valence-corrected chi connectivity index (χ2v) is 9.04. The van der Waals surface area contributed by atoms with Gasteiger partial charge in [-0.15, -0.1) is 0 Å². The van der Waals surface area contributed by atoms with E-state index in [0.29, 0.717) is 34.2 Å². The van der Waals surface area contributed by atoms with Crippen molar-refractivity contribution in [2.75, 3.05) is 19.5 Å². The lowest BCUT2D eigenvalue weighted by Gasteiger charge is -2.22. The van der Waals surface area contributed by atoms with Crippen LogP contribution in [0.5, 0.6) is 0 Å². The van der Waals surface area contributed by atoms with Crippen LogP contribution in [0.2, 0.25) is 0 Å². The predicted octanol–water partition coefficient (Wildman–Crippen LogP) is 2.37. The Balaban J connectivity index is 2.29.